The number of aromatic nitrogens is 4. The van der Waals surface area contributed by atoms with Crippen molar-refractivity contribution in [2.24, 2.45) is 5.41 Å². The van der Waals surface area contributed by atoms with Crippen LogP contribution in [0.2, 0.25) is 5.02 Å². The van der Waals surface area contributed by atoms with E-state index in [-0.39, 0.29) is 11.4 Å². The summed E-state index contributed by atoms with van der Waals surface area (Å²) in [5.41, 5.74) is 3.35. The molecule has 1 saturated carbocycles. The minimum Gasteiger partial charge on any atom is -0.352 e. The molecule has 1 spiro atoms. The molecule has 3 fully saturated rings. The van der Waals surface area contributed by atoms with Crippen molar-refractivity contribution in [3.63, 3.8) is 0 Å². The Morgan fingerprint density at radius 2 is 1.82 bits per heavy atom. The van der Waals surface area contributed by atoms with Gasteiger partial charge in [0, 0.05) is 66.6 Å². The van der Waals surface area contributed by atoms with Crippen molar-refractivity contribution in [2.75, 3.05) is 49.1 Å². The van der Waals surface area contributed by atoms with Crippen molar-refractivity contribution in [1.29, 1.82) is 0 Å². The van der Waals surface area contributed by atoms with Crippen LogP contribution in [0.15, 0.2) is 37.1 Å². The first kappa shape index (κ1) is 25.3. The molecule has 4 aromatic rings. The predicted molar refractivity (Wildman–Crippen MR) is 156 cm³/mol. The van der Waals surface area contributed by atoms with Gasteiger partial charge in [-0.05, 0) is 43.5 Å². The van der Waals surface area contributed by atoms with Gasteiger partial charge >= 0.3 is 0 Å². The van der Waals surface area contributed by atoms with E-state index >= 15 is 4.39 Å². The van der Waals surface area contributed by atoms with Crippen molar-refractivity contribution in [3.8, 4) is 11.1 Å². The van der Waals surface area contributed by atoms with Gasteiger partial charge in [-0.25, -0.2) is 9.37 Å². The molecule has 10 heteroatoms. The molecule has 2 saturated heterocycles. The number of fused-ring (bicyclic) bond motifs is 2. The van der Waals surface area contributed by atoms with Crippen LogP contribution in [-0.2, 0) is 4.79 Å². The van der Waals surface area contributed by atoms with Crippen LogP contribution in [0.3, 0.4) is 0 Å². The Morgan fingerprint density at radius 1 is 1.07 bits per heavy atom. The number of piperazine rings is 1. The Hall–Kier alpha value is -3.72. The third-order valence-corrected chi connectivity index (χ3v) is 9.30. The standard InChI is InChI=1S/C30H31ClFN7O/c1-3-23(40)37-10-12-38(13-11-37)28-19-14-21(31)25(24-18(2)6-7-22-20(24)15-33-36-22)26(32)27(19)34-29(35-28)39-16-30(17-39)8-4-5-9-30/h3,6-7,14-15H,1,4-5,8-13,16-17H2,2H3,(H,33,36). The third-order valence-electron chi connectivity index (χ3n) is 9.00. The molecule has 8 nitrogen and oxygen atoms in total. The maximum Gasteiger partial charge on any atom is 0.246 e. The van der Waals surface area contributed by atoms with E-state index in [1.54, 1.807) is 17.2 Å². The van der Waals surface area contributed by atoms with E-state index in [4.69, 9.17) is 21.6 Å². The van der Waals surface area contributed by atoms with E-state index in [9.17, 15) is 4.79 Å². The number of halogens is 2. The molecule has 1 amide bonds. The van der Waals surface area contributed by atoms with Crippen LogP contribution in [0.25, 0.3) is 32.9 Å². The topological polar surface area (TPSA) is 81.3 Å². The molecule has 7 rings (SSSR count). The first-order valence-electron chi connectivity index (χ1n) is 13.9. The summed E-state index contributed by atoms with van der Waals surface area (Å²) in [5.74, 6) is 0.664. The van der Waals surface area contributed by atoms with Gasteiger partial charge in [-0.3, -0.25) is 9.89 Å². The molecule has 40 heavy (non-hydrogen) atoms. The number of nitrogens with zero attached hydrogens (tertiary/aromatic N) is 6. The average Bonchev–Trinajstić information content (AvgIpc) is 3.63. The zero-order chi connectivity index (χ0) is 27.6. The highest BCUT2D eigenvalue weighted by atomic mass is 35.5. The Balaban J connectivity index is 1.37. The van der Waals surface area contributed by atoms with Gasteiger partial charge in [0.1, 0.15) is 11.3 Å². The molecule has 3 aliphatic rings. The molecular weight excluding hydrogens is 529 g/mol. The fraction of sp³-hybridized carbons (Fsp3) is 0.400. The summed E-state index contributed by atoms with van der Waals surface area (Å²) in [6.07, 6.45) is 8.04. The summed E-state index contributed by atoms with van der Waals surface area (Å²) in [4.78, 5) is 28.1. The number of amides is 1. The smallest absolute Gasteiger partial charge is 0.246 e. The van der Waals surface area contributed by atoms with E-state index < -0.39 is 5.82 Å². The molecule has 0 unspecified atom stereocenters. The molecule has 2 aromatic carbocycles. The number of H-pyrrole nitrogens is 1. The van der Waals surface area contributed by atoms with Gasteiger partial charge in [0.25, 0.3) is 0 Å². The number of benzene rings is 2. The summed E-state index contributed by atoms with van der Waals surface area (Å²) < 4.78 is 16.7. The second-order valence-corrected chi connectivity index (χ2v) is 11.9. The zero-order valence-corrected chi connectivity index (χ0v) is 23.3. The minimum absolute atomic E-state index is 0.0853. The highest BCUT2D eigenvalue weighted by Gasteiger charge is 2.46. The fourth-order valence-electron chi connectivity index (χ4n) is 6.85. The lowest BCUT2D eigenvalue weighted by atomic mass is 9.78. The highest BCUT2D eigenvalue weighted by molar-refractivity contribution is 6.35. The molecule has 4 heterocycles. The van der Waals surface area contributed by atoms with Crippen molar-refractivity contribution in [1.82, 2.24) is 25.1 Å². The maximum atomic E-state index is 16.7. The van der Waals surface area contributed by atoms with Crippen LogP contribution in [-0.4, -0.2) is 70.2 Å². The second kappa shape index (κ2) is 9.44. The SMILES string of the molecule is C=CC(=O)N1CCN(c2nc(N3CC4(CCCC4)C3)nc3c(F)c(-c4c(C)ccc5[nH]ncc45)c(Cl)cc23)CC1. The van der Waals surface area contributed by atoms with Gasteiger partial charge in [-0.2, -0.15) is 10.1 Å². The molecule has 0 atom stereocenters. The molecule has 2 aromatic heterocycles. The molecule has 1 aliphatic carbocycles. The van der Waals surface area contributed by atoms with Crippen LogP contribution in [0.5, 0.6) is 0 Å². The van der Waals surface area contributed by atoms with Crippen molar-refractivity contribution in [2.45, 2.75) is 32.6 Å². The number of anilines is 2. The highest BCUT2D eigenvalue weighted by Crippen LogP contribution is 2.47. The predicted octanol–water partition coefficient (Wildman–Crippen LogP) is 5.49. The van der Waals surface area contributed by atoms with Crippen LogP contribution in [0.1, 0.15) is 31.2 Å². The number of hydrogen-bond acceptors (Lipinski definition) is 6. The Bertz CT molecular complexity index is 1660. The lowest BCUT2D eigenvalue weighted by molar-refractivity contribution is -0.126. The molecule has 0 radical (unpaired) electrons. The van der Waals surface area contributed by atoms with Crippen molar-refractivity contribution >= 4 is 51.1 Å². The van der Waals surface area contributed by atoms with Crippen molar-refractivity contribution < 1.29 is 9.18 Å². The van der Waals surface area contributed by atoms with Gasteiger partial charge < -0.3 is 14.7 Å². The van der Waals surface area contributed by atoms with Gasteiger partial charge in [0.15, 0.2) is 5.82 Å². The van der Waals surface area contributed by atoms with Crippen LogP contribution in [0.4, 0.5) is 16.2 Å². The average molecular weight is 560 g/mol. The summed E-state index contributed by atoms with van der Waals surface area (Å²) in [5, 5.41) is 8.84. The molecule has 0 bridgehead atoms. The normalized spacial score (nSPS) is 18.6. The van der Waals surface area contributed by atoms with Crippen LogP contribution >= 0.6 is 11.6 Å². The molecule has 1 N–H and O–H groups in total. The number of rotatable bonds is 4. The lowest BCUT2D eigenvalue weighted by Crippen LogP contribution is -2.55. The van der Waals surface area contributed by atoms with Crippen molar-refractivity contribution in [3.05, 3.63) is 53.5 Å². The van der Waals surface area contributed by atoms with E-state index in [0.29, 0.717) is 64.9 Å². The fourth-order valence-corrected chi connectivity index (χ4v) is 7.14. The number of nitrogens with one attached hydrogen (secondary N) is 1. The van der Waals surface area contributed by atoms with E-state index in [2.05, 4.69) is 26.6 Å². The van der Waals surface area contributed by atoms with Crippen LogP contribution < -0.4 is 9.80 Å². The number of aryl methyl sites for hydroxylation is 1. The minimum atomic E-state index is -0.458. The summed E-state index contributed by atoms with van der Waals surface area (Å²) in [6, 6.07) is 5.67. The largest absolute Gasteiger partial charge is 0.352 e. The second-order valence-electron chi connectivity index (χ2n) is 11.5. The van der Waals surface area contributed by atoms with Gasteiger partial charge in [0.2, 0.25) is 11.9 Å². The monoisotopic (exact) mass is 559 g/mol. The van der Waals surface area contributed by atoms with E-state index in [1.165, 1.54) is 31.8 Å². The maximum absolute atomic E-state index is 16.7. The van der Waals surface area contributed by atoms with Gasteiger partial charge in [-0.15, -0.1) is 0 Å². The van der Waals surface area contributed by atoms with E-state index in [1.807, 2.05) is 19.1 Å². The summed E-state index contributed by atoms with van der Waals surface area (Å²) in [7, 11) is 0. The summed E-state index contributed by atoms with van der Waals surface area (Å²) in [6.45, 7) is 9.57. The number of aromatic amines is 1. The molecule has 206 valence electrons. The first-order valence-corrected chi connectivity index (χ1v) is 14.3. The third kappa shape index (κ3) is 3.93. The number of hydrogen-bond donors (Lipinski definition) is 1. The summed E-state index contributed by atoms with van der Waals surface area (Å²) >= 11 is 6.88. The Morgan fingerprint density at radius 3 is 2.55 bits per heavy atom. The van der Waals surface area contributed by atoms with Crippen LogP contribution in [0, 0.1) is 18.2 Å². The Kier molecular flexibility index (Phi) is 5.96. The quantitative estimate of drug-likeness (QED) is 0.333. The molecular formula is C30H31ClFN7O. The number of carbonyl (C=O) groups is 1. The lowest BCUT2D eigenvalue weighted by Gasteiger charge is -2.48. The first-order chi connectivity index (χ1) is 19.4. The van der Waals surface area contributed by atoms with E-state index in [0.717, 1.165) is 29.6 Å². The van der Waals surface area contributed by atoms with Gasteiger partial charge in [-0.1, -0.05) is 37.1 Å². The van der Waals surface area contributed by atoms with Gasteiger partial charge in [0.05, 0.1) is 16.7 Å². The Labute approximate surface area is 236 Å². The number of carbonyl (C=O) groups excluding carboxylic acids is 1. The zero-order valence-electron chi connectivity index (χ0n) is 22.5. The molecule has 2 aliphatic heterocycles.